The number of aliphatic hydroxyl groups excluding tert-OH is 1. The zero-order valence-corrected chi connectivity index (χ0v) is 14.0. The molecule has 0 radical (unpaired) electrons. The molecular weight excluding hydrogens is 323 g/mol. The largest absolute Gasteiger partial charge is 0.387 e. The predicted molar refractivity (Wildman–Crippen MR) is 88.0 cm³/mol. The minimum absolute atomic E-state index is 0. The van der Waals surface area contributed by atoms with E-state index in [2.05, 4.69) is 10.6 Å². The topological polar surface area (TPSA) is 70.6 Å². The van der Waals surface area contributed by atoms with Crippen molar-refractivity contribution in [2.75, 3.05) is 33.4 Å². The second-order valence-electron chi connectivity index (χ2n) is 5.74. The summed E-state index contributed by atoms with van der Waals surface area (Å²) in [7, 11) is 1.59. The summed E-state index contributed by atoms with van der Waals surface area (Å²) in [5, 5.41) is 16.1. The van der Waals surface area contributed by atoms with Crippen LogP contribution in [-0.4, -0.2) is 44.4 Å². The van der Waals surface area contributed by atoms with E-state index in [1.807, 2.05) is 0 Å². The summed E-state index contributed by atoms with van der Waals surface area (Å²) >= 11 is 0. The van der Waals surface area contributed by atoms with Crippen molar-refractivity contribution >= 4 is 18.3 Å². The molecule has 23 heavy (non-hydrogen) atoms. The van der Waals surface area contributed by atoms with E-state index in [9.17, 15) is 14.3 Å². The van der Waals surface area contributed by atoms with Gasteiger partial charge in [0.25, 0.3) is 0 Å². The normalized spacial score (nSPS) is 17.9. The SMILES string of the molecule is COCC1(C(=O)NCC(O)c2ccc(F)cc2)CCNCC1.Cl. The lowest BCUT2D eigenvalue weighted by Crippen LogP contribution is -2.50. The van der Waals surface area contributed by atoms with Crippen molar-refractivity contribution in [2.45, 2.75) is 18.9 Å². The standard InChI is InChI=1S/C16H23FN2O3.ClH/c1-22-11-16(6-8-18-9-7-16)15(21)19-10-14(20)12-2-4-13(17)5-3-12;/h2-5,14,18,20H,6-11H2,1H3,(H,19,21);1H. The molecule has 1 aliphatic heterocycles. The quantitative estimate of drug-likeness (QED) is 0.728. The number of piperidine rings is 1. The van der Waals surface area contributed by atoms with Crippen molar-refractivity contribution in [1.29, 1.82) is 0 Å². The number of methoxy groups -OCH3 is 1. The molecule has 0 spiro atoms. The van der Waals surface area contributed by atoms with Crippen LogP contribution in [0.15, 0.2) is 24.3 Å². The van der Waals surface area contributed by atoms with Gasteiger partial charge in [0.05, 0.1) is 18.1 Å². The first-order valence-corrected chi connectivity index (χ1v) is 7.49. The van der Waals surface area contributed by atoms with Crippen LogP contribution in [0.25, 0.3) is 0 Å². The first kappa shape index (κ1) is 19.8. The van der Waals surface area contributed by atoms with Gasteiger partial charge in [0, 0.05) is 13.7 Å². The molecule has 1 atom stereocenters. The highest BCUT2D eigenvalue weighted by Gasteiger charge is 2.39. The zero-order valence-electron chi connectivity index (χ0n) is 13.2. The lowest BCUT2D eigenvalue weighted by molar-refractivity contribution is -0.136. The number of ether oxygens (including phenoxy) is 1. The maximum Gasteiger partial charge on any atom is 0.228 e. The summed E-state index contributed by atoms with van der Waals surface area (Å²) in [6.07, 6.45) is 0.560. The lowest BCUT2D eigenvalue weighted by atomic mass is 9.78. The lowest BCUT2D eigenvalue weighted by Gasteiger charge is -2.35. The van der Waals surface area contributed by atoms with Crippen molar-refractivity contribution < 1.29 is 19.0 Å². The molecule has 1 aromatic rings. The third-order valence-electron chi connectivity index (χ3n) is 4.17. The Balaban J connectivity index is 0.00000264. The van der Waals surface area contributed by atoms with Gasteiger partial charge < -0.3 is 20.5 Å². The molecule has 0 aliphatic carbocycles. The fourth-order valence-electron chi connectivity index (χ4n) is 2.80. The molecule has 1 aromatic carbocycles. The van der Waals surface area contributed by atoms with E-state index in [0.29, 0.717) is 25.0 Å². The van der Waals surface area contributed by atoms with E-state index in [1.54, 1.807) is 7.11 Å². The molecular formula is C16H24ClFN2O3. The number of benzene rings is 1. The zero-order chi connectivity index (χ0) is 16.0. The first-order valence-electron chi connectivity index (χ1n) is 7.49. The third kappa shape index (κ3) is 5.14. The third-order valence-corrected chi connectivity index (χ3v) is 4.17. The maximum absolute atomic E-state index is 12.9. The van der Waals surface area contributed by atoms with Crippen molar-refractivity contribution in [2.24, 2.45) is 5.41 Å². The van der Waals surface area contributed by atoms with E-state index in [-0.39, 0.29) is 30.7 Å². The summed E-state index contributed by atoms with van der Waals surface area (Å²) in [5.74, 6) is -0.453. The Labute approximate surface area is 142 Å². The molecule has 1 unspecified atom stereocenters. The molecule has 1 aliphatic rings. The number of hydrogen-bond donors (Lipinski definition) is 3. The van der Waals surface area contributed by atoms with Crippen LogP contribution in [0.2, 0.25) is 0 Å². The summed E-state index contributed by atoms with van der Waals surface area (Å²) < 4.78 is 18.1. The number of carbonyl (C=O) groups excluding carboxylic acids is 1. The average molecular weight is 347 g/mol. The average Bonchev–Trinajstić information content (AvgIpc) is 2.54. The van der Waals surface area contributed by atoms with Gasteiger partial charge in [-0.05, 0) is 43.6 Å². The Hall–Kier alpha value is -1.21. The highest BCUT2D eigenvalue weighted by molar-refractivity contribution is 5.85. The molecule has 1 amide bonds. The van der Waals surface area contributed by atoms with E-state index < -0.39 is 11.5 Å². The van der Waals surface area contributed by atoms with Gasteiger partial charge >= 0.3 is 0 Å². The van der Waals surface area contributed by atoms with Gasteiger partial charge in [-0.15, -0.1) is 12.4 Å². The van der Waals surface area contributed by atoms with Crippen LogP contribution in [0.4, 0.5) is 4.39 Å². The smallest absolute Gasteiger partial charge is 0.228 e. The second-order valence-corrected chi connectivity index (χ2v) is 5.74. The second kappa shape index (κ2) is 9.17. The van der Waals surface area contributed by atoms with E-state index >= 15 is 0 Å². The molecule has 1 saturated heterocycles. The van der Waals surface area contributed by atoms with Crippen LogP contribution in [0.3, 0.4) is 0 Å². The van der Waals surface area contributed by atoms with Crippen LogP contribution in [0.5, 0.6) is 0 Å². The van der Waals surface area contributed by atoms with Gasteiger partial charge in [-0.1, -0.05) is 12.1 Å². The molecule has 3 N–H and O–H groups in total. The molecule has 1 heterocycles. The number of hydrogen-bond acceptors (Lipinski definition) is 4. The highest BCUT2D eigenvalue weighted by Crippen LogP contribution is 2.29. The molecule has 0 aromatic heterocycles. The van der Waals surface area contributed by atoms with Crippen molar-refractivity contribution in [3.8, 4) is 0 Å². The van der Waals surface area contributed by atoms with Gasteiger partial charge in [-0.25, -0.2) is 4.39 Å². The van der Waals surface area contributed by atoms with Crippen molar-refractivity contribution in [3.63, 3.8) is 0 Å². The number of halogens is 2. The van der Waals surface area contributed by atoms with Crippen LogP contribution < -0.4 is 10.6 Å². The van der Waals surface area contributed by atoms with Gasteiger partial charge in [0.2, 0.25) is 5.91 Å². The molecule has 0 saturated carbocycles. The molecule has 130 valence electrons. The molecule has 5 nitrogen and oxygen atoms in total. The molecule has 2 rings (SSSR count). The Bertz CT molecular complexity index is 487. The predicted octanol–water partition coefficient (Wildman–Crippen LogP) is 1.41. The Morgan fingerprint density at radius 2 is 2.00 bits per heavy atom. The van der Waals surface area contributed by atoms with Crippen molar-refractivity contribution in [3.05, 3.63) is 35.6 Å². The number of carbonyl (C=O) groups is 1. The number of rotatable bonds is 6. The van der Waals surface area contributed by atoms with Crippen LogP contribution in [0, 0.1) is 11.2 Å². The van der Waals surface area contributed by atoms with Crippen molar-refractivity contribution in [1.82, 2.24) is 10.6 Å². The van der Waals surface area contributed by atoms with E-state index in [1.165, 1.54) is 24.3 Å². The number of amides is 1. The van der Waals surface area contributed by atoms with Gasteiger partial charge in [-0.2, -0.15) is 0 Å². The minimum Gasteiger partial charge on any atom is -0.387 e. The summed E-state index contributed by atoms with van der Waals surface area (Å²) in [4.78, 5) is 12.5. The highest BCUT2D eigenvalue weighted by atomic mass is 35.5. The fourth-order valence-corrected chi connectivity index (χ4v) is 2.80. The van der Waals surface area contributed by atoms with Gasteiger partial charge in [-0.3, -0.25) is 4.79 Å². The molecule has 0 bridgehead atoms. The Morgan fingerprint density at radius 1 is 1.39 bits per heavy atom. The summed E-state index contributed by atoms with van der Waals surface area (Å²) in [5.41, 5.74) is 0.0375. The van der Waals surface area contributed by atoms with Gasteiger partial charge in [0.15, 0.2) is 0 Å². The minimum atomic E-state index is -0.856. The Morgan fingerprint density at radius 3 is 2.57 bits per heavy atom. The number of nitrogens with one attached hydrogen (secondary N) is 2. The monoisotopic (exact) mass is 346 g/mol. The molecule has 7 heteroatoms. The Kier molecular flexibility index (Phi) is 7.91. The first-order chi connectivity index (χ1) is 10.6. The summed E-state index contributed by atoms with van der Waals surface area (Å²) in [6, 6.07) is 5.61. The van der Waals surface area contributed by atoms with Crippen LogP contribution in [-0.2, 0) is 9.53 Å². The fraction of sp³-hybridized carbons (Fsp3) is 0.562. The van der Waals surface area contributed by atoms with Crippen LogP contribution in [0.1, 0.15) is 24.5 Å². The van der Waals surface area contributed by atoms with Gasteiger partial charge in [0.1, 0.15) is 5.82 Å². The summed E-state index contributed by atoms with van der Waals surface area (Å²) in [6.45, 7) is 2.02. The maximum atomic E-state index is 12.9. The van der Waals surface area contributed by atoms with Crippen LogP contribution >= 0.6 is 12.4 Å². The van der Waals surface area contributed by atoms with E-state index in [0.717, 1.165) is 13.1 Å². The van der Waals surface area contributed by atoms with E-state index in [4.69, 9.17) is 4.74 Å². The number of aliphatic hydroxyl groups is 1. The molecule has 1 fully saturated rings.